The van der Waals surface area contributed by atoms with E-state index in [1.165, 1.54) is 0 Å². The monoisotopic (exact) mass is 483 g/mol. The lowest BCUT2D eigenvalue weighted by molar-refractivity contribution is -0.117. The molecule has 0 saturated heterocycles. The number of hydrogen-bond acceptors (Lipinski definition) is 2. The number of rotatable bonds is 8. The molecule has 2 N–H and O–H groups in total. The molecule has 0 atom stereocenters. The Morgan fingerprint density at radius 2 is 1.33 bits per heavy atom. The zero-order valence-electron chi connectivity index (χ0n) is 22.0. The average molecular weight is 484 g/mol. The van der Waals surface area contributed by atoms with Gasteiger partial charge in [0.1, 0.15) is 6.54 Å². The second kappa shape index (κ2) is 11.0. The third-order valence-electron chi connectivity index (χ3n) is 6.85. The molecule has 0 aliphatic heterocycles. The summed E-state index contributed by atoms with van der Waals surface area (Å²) < 4.78 is 0. The van der Waals surface area contributed by atoms with Crippen molar-refractivity contribution >= 4 is 17.6 Å². The van der Waals surface area contributed by atoms with Crippen molar-refractivity contribution in [2.45, 2.75) is 58.9 Å². The Kier molecular flexibility index (Phi) is 7.78. The highest BCUT2D eigenvalue weighted by Crippen LogP contribution is 2.46. The quantitative estimate of drug-likeness (QED) is 0.360. The molecule has 0 spiro atoms. The molecule has 188 valence electrons. The van der Waals surface area contributed by atoms with Gasteiger partial charge in [-0.05, 0) is 51.6 Å². The molecule has 5 nitrogen and oxygen atoms in total. The largest absolute Gasteiger partial charge is 0.338 e. The molecule has 0 fully saturated rings. The van der Waals surface area contributed by atoms with E-state index in [9.17, 15) is 9.59 Å². The molecule has 4 rings (SSSR count). The number of nitrogens with zero attached hydrogens (tertiary/aromatic N) is 1. The van der Waals surface area contributed by atoms with E-state index in [0.29, 0.717) is 6.54 Å². The molecule has 0 aromatic heterocycles. The number of amides is 3. The maximum atomic E-state index is 13.6. The highest BCUT2D eigenvalue weighted by Gasteiger charge is 2.36. The number of carbonyl (C=O) groups is 2. The molecule has 36 heavy (non-hydrogen) atoms. The standard InChI is InChI=1S/C31H37N3O2/c1-6-18-32-31(36)34(30-26-14-9-7-12-24(26)25-13-8-10-15-27(25)30)19-28(35)33-29-22(20(2)3)16-11-17-23(29)21(4)5/h7-17,20-21,30H,6,18-19H2,1-5H3,(H,32,36)(H,33,35). The highest BCUT2D eigenvalue weighted by atomic mass is 16.2. The molecular formula is C31H37N3O2. The smallest absolute Gasteiger partial charge is 0.318 e. The summed E-state index contributed by atoms with van der Waals surface area (Å²) >= 11 is 0. The van der Waals surface area contributed by atoms with Gasteiger partial charge in [-0.2, -0.15) is 0 Å². The van der Waals surface area contributed by atoms with Crippen LogP contribution in [-0.2, 0) is 4.79 Å². The predicted molar refractivity (Wildman–Crippen MR) is 147 cm³/mol. The molecule has 0 radical (unpaired) electrons. The summed E-state index contributed by atoms with van der Waals surface area (Å²) in [5.74, 6) is 0.326. The predicted octanol–water partition coefficient (Wildman–Crippen LogP) is 7.06. The Hall–Kier alpha value is -3.60. The molecule has 0 bridgehead atoms. The minimum absolute atomic E-state index is 0.0488. The van der Waals surface area contributed by atoms with Crippen molar-refractivity contribution in [1.29, 1.82) is 0 Å². The maximum Gasteiger partial charge on any atom is 0.318 e. The van der Waals surface area contributed by atoms with Crippen LogP contribution in [0.25, 0.3) is 11.1 Å². The van der Waals surface area contributed by atoms with Gasteiger partial charge in [-0.25, -0.2) is 4.79 Å². The van der Waals surface area contributed by atoms with E-state index in [-0.39, 0.29) is 36.4 Å². The number of benzene rings is 3. The Balaban J connectivity index is 1.71. The summed E-state index contributed by atoms with van der Waals surface area (Å²) in [6, 6.07) is 21.9. The molecule has 3 aromatic carbocycles. The lowest BCUT2D eigenvalue weighted by Gasteiger charge is -2.31. The van der Waals surface area contributed by atoms with E-state index in [2.05, 4.69) is 80.8 Å². The summed E-state index contributed by atoms with van der Waals surface area (Å²) in [6.45, 7) is 11.1. The first kappa shape index (κ1) is 25.5. The van der Waals surface area contributed by atoms with Crippen LogP contribution in [-0.4, -0.2) is 29.9 Å². The second-order valence-electron chi connectivity index (χ2n) is 10.1. The van der Waals surface area contributed by atoms with E-state index in [1.54, 1.807) is 4.90 Å². The Morgan fingerprint density at radius 3 is 1.83 bits per heavy atom. The van der Waals surface area contributed by atoms with Crippen molar-refractivity contribution in [3.63, 3.8) is 0 Å². The van der Waals surface area contributed by atoms with Gasteiger partial charge in [0, 0.05) is 12.2 Å². The third kappa shape index (κ3) is 5.01. The van der Waals surface area contributed by atoms with Gasteiger partial charge in [-0.3, -0.25) is 4.79 Å². The second-order valence-corrected chi connectivity index (χ2v) is 10.1. The molecule has 5 heteroatoms. The van der Waals surface area contributed by atoms with Crippen molar-refractivity contribution in [2.75, 3.05) is 18.4 Å². The molecular weight excluding hydrogens is 446 g/mol. The van der Waals surface area contributed by atoms with Crippen LogP contribution in [0.5, 0.6) is 0 Å². The zero-order chi connectivity index (χ0) is 25.8. The molecule has 1 aliphatic carbocycles. The molecule has 0 unspecified atom stereocenters. The fourth-order valence-corrected chi connectivity index (χ4v) is 5.11. The summed E-state index contributed by atoms with van der Waals surface area (Å²) in [6.07, 6.45) is 0.823. The Bertz CT molecular complexity index is 1180. The highest BCUT2D eigenvalue weighted by molar-refractivity contribution is 5.96. The lowest BCUT2D eigenvalue weighted by atomic mass is 9.92. The molecule has 0 heterocycles. The van der Waals surface area contributed by atoms with Crippen LogP contribution in [0.1, 0.15) is 81.2 Å². The van der Waals surface area contributed by atoms with Crippen molar-refractivity contribution in [1.82, 2.24) is 10.2 Å². The van der Waals surface area contributed by atoms with Crippen LogP contribution >= 0.6 is 0 Å². The number of carbonyl (C=O) groups excluding carboxylic acids is 2. The normalized spacial score (nSPS) is 12.4. The number of urea groups is 1. The van der Waals surface area contributed by atoms with Crippen LogP contribution in [0, 0.1) is 0 Å². The van der Waals surface area contributed by atoms with Gasteiger partial charge in [0.05, 0.1) is 6.04 Å². The minimum Gasteiger partial charge on any atom is -0.338 e. The number of anilines is 1. The summed E-state index contributed by atoms with van der Waals surface area (Å²) in [4.78, 5) is 28.8. The van der Waals surface area contributed by atoms with Gasteiger partial charge in [0.2, 0.25) is 5.91 Å². The van der Waals surface area contributed by atoms with Gasteiger partial charge in [-0.15, -0.1) is 0 Å². The zero-order valence-corrected chi connectivity index (χ0v) is 22.0. The SMILES string of the molecule is CCCNC(=O)N(CC(=O)Nc1c(C(C)C)cccc1C(C)C)C1c2ccccc2-c2ccccc21. The van der Waals surface area contributed by atoms with Crippen LogP contribution in [0.15, 0.2) is 66.7 Å². The van der Waals surface area contributed by atoms with Crippen LogP contribution in [0.4, 0.5) is 10.5 Å². The Morgan fingerprint density at radius 1 is 0.806 bits per heavy atom. The maximum absolute atomic E-state index is 13.6. The number of nitrogens with one attached hydrogen (secondary N) is 2. The van der Waals surface area contributed by atoms with Gasteiger partial charge < -0.3 is 15.5 Å². The van der Waals surface area contributed by atoms with Crippen LogP contribution in [0.2, 0.25) is 0 Å². The summed E-state index contributed by atoms with van der Waals surface area (Å²) in [5.41, 5.74) is 7.39. The van der Waals surface area contributed by atoms with Gasteiger partial charge in [-0.1, -0.05) is 101 Å². The number of para-hydroxylation sites is 1. The van der Waals surface area contributed by atoms with Crippen molar-refractivity contribution in [3.05, 3.63) is 89.0 Å². The van der Waals surface area contributed by atoms with Gasteiger partial charge in [0.25, 0.3) is 0 Å². The topological polar surface area (TPSA) is 61.4 Å². The number of fused-ring (bicyclic) bond motifs is 3. The first-order valence-corrected chi connectivity index (χ1v) is 13.0. The third-order valence-corrected chi connectivity index (χ3v) is 6.85. The van der Waals surface area contributed by atoms with E-state index in [1.807, 2.05) is 31.2 Å². The van der Waals surface area contributed by atoms with Gasteiger partial charge in [0.15, 0.2) is 0 Å². The van der Waals surface area contributed by atoms with E-state index >= 15 is 0 Å². The first-order chi connectivity index (χ1) is 17.3. The Labute approximate surface area is 214 Å². The van der Waals surface area contributed by atoms with Crippen molar-refractivity contribution < 1.29 is 9.59 Å². The molecule has 3 aromatic rings. The summed E-state index contributed by atoms with van der Waals surface area (Å²) in [5, 5.41) is 6.20. The van der Waals surface area contributed by atoms with Crippen molar-refractivity contribution in [3.8, 4) is 11.1 Å². The fraction of sp³-hybridized carbons (Fsp3) is 0.355. The van der Waals surface area contributed by atoms with E-state index in [4.69, 9.17) is 0 Å². The van der Waals surface area contributed by atoms with Gasteiger partial charge >= 0.3 is 6.03 Å². The lowest BCUT2D eigenvalue weighted by Crippen LogP contribution is -2.46. The molecule has 1 aliphatic rings. The van der Waals surface area contributed by atoms with E-state index in [0.717, 1.165) is 45.5 Å². The average Bonchev–Trinajstić information content (AvgIpc) is 3.20. The number of hydrogen-bond donors (Lipinski definition) is 2. The van der Waals surface area contributed by atoms with Crippen LogP contribution < -0.4 is 10.6 Å². The summed E-state index contributed by atoms with van der Waals surface area (Å²) in [7, 11) is 0. The molecule has 3 amide bonds. The van der Waals surface area contributed by atoms with E-state index < -0.39 is 0 Å². The van der Waals surface area contributed by atoms with Crippen LogP contribution in [0.3, 0.4) is 0 Å². The fourth-order valence-electron chi connectivity index (χ4n) is 5.11. The molecule has 0 saturated carbocycles. The first-order valence-electron chi connectivity index (χ1n) is 13.0. The minimum atomic E-state index is -0.329. The van der Waals surface area contributed by atoms with Crippen molar-refractivity contribution in [2.24, 2.45) is 0 Å².